The van der Waals surface area contributed by atoms with Crippen LogP contribution in [-0.2, 0) is 4.74 Å². The lowest BCUT2D eigenvalue weighted by Crippen LogP contribution is -2.04. The molecule has 0 saturated carbocycles. The van der Waals surface area contributed by atoms with E-state index >= 15 is 0 Å². The Morgan fingerprint density at radius 3 is 2.80 bits per heavy atom. The molecule has 0 unspecified atom stereocenters. The average Bonchev–Trinajstić information content (AvgIpc) is 2.28. The second-order valence-electron chi connectivity index (χ2n) is 2.88. The predicted octanol–water partition coefficient (Wildman–Crippen LogP) is 2.51. The van der Waals surface area contributed by atoms with Crippen LogP contribution in [0.2, 0.25) is 0 Å². The minimum absolute atomic E-state index is 0.330. The summed E-state index contributed by atoms with van der Waals surface area (Å²) < 4.78 is 9.99. The Morgan fingerprint density at radius 2 is 2.27 bits per heavy atom. The van der Waals surface area contributed by atoms with Gasteiger partial charge in [-0.3, -0.25) is 0 Å². The number of hydrogen-bond donors (Lipinski definition) is 0. The van der Waals surface area contributed by atoms with Crippen LogP contribution in [0.3, 0.4) is 0 Å². The van der Waals surface area contributed by atoms with E-state index < -0.39 is 0 Å². The smallest absolute Gasteiger partial charge is 0.338 e. The van der Waals surface area contributed by atoms with Crippen LogP contribution in [0.15, 0.2) is 24.8 Å². The van der Waals surface area contributed by atoms with E-state index in [0.717, 1.165) is 5.56 Å². The molecule has 0 heterocycles. The minimum atomic E-state index is -0.330. The highest BCUT2D eigenvalue weighted by Gasteiger charge is 2.08. The first-order valence-corrected chi connectivity index (χ1v) is 4.70. The summed E-state index contributed by atoms with van der Waals surface area (Å²) in [7, 11) is 1.58. The first kappa shape index (κ1) is 11.3. The van der Waals surface area contributed by atoms with E-state index in [1.165, 1.54) is 0 Å². The fraction of sp³-hybridized carbons (Fsp3) is 0.250. The average molecular weight is 206 g/mol. The summed E-state index contributed by atoms with van der Waals surface area (Å²) in [5.74, 6) is 0.362. The summed E-state index contributed by atoms with van der Waals surface area (Å²) in [6, 6.07) is 5.09. The van der Waals surface area contributed by atoms with Crippen LogP contribution in [-0.4, -0.2) is 19.7 Å². The van der Waals surface area contributed by atoms with Crippen LogP contribution in [0.4, 0.5) is 0 Å². The molecule has 1 aromatic carbocycles. The molecule has 0 spiro atoms. The van der Waals surface area contributed by atoms with Gasteiger partial charge in [-0.1, -0.05) is 12.7 Å². The van der Waals surface area contributed by atoms with Crippen LogP contribution in [0.1, 0.15) is 22.8 Å². The SMILES string of the molecule is C=Cc1cc(C(=O)OCC)ccc1OC. The molecule has 0 atom stereocenters. The van der Waals surface area contributed by atoms with Crippen LogP contribution in [0.5, 0.6) is 5.75 Å². The fourth-order valence-electron chi connectivity index (χ4n) is 1.24. The molecule has 15 heavy (non-hydrogen) atoms. The zero-order valence-electron chi connectivity index (χ0n) is 8.95. The molecule has 0 bridgehead atoms. The lowest BCUT2D eigenvalue weighted by atomic mass is 10.1. The number of benzene rings is 1. The lowest BCUT2D eigenvalue weighted by Gasteiger charge is -2.07. The van der Waals surface area contributed by atoms with Crippen LogP contribution in [0, 0.1) is 0 Å². The highest BCUT2D eigenvalue weighted by atomic mass is 16.5. The third kappa shape index (κ3) is 2.59. The van der Waals surface area contributed by atoms with Crippen molar-refractivity contribution in [1.82, 2.24) is 0 Å². The number of rotatable bonds is 4. The number of carbonyl (C=O) groups excluding carboxylic acids is 1. The van der Waals surface area contributed by atoms with E-state index in [1.54, 1.807) is 38.3 Å². The number of esters is 1. The van der Waals surface area contributed by atoms with Crippen molar-refractivity contribution in [3.63, 3.8) is 0 Å². The van der Waals surface area contributed by atoms with Crippen LogP contribution in [0.25, 0.3) is 6.08 Å². The van der Waals surface area contributed by atoms with Gasteiger partial charge in [0.15, 0.2) is 0 Å². The lowest BCUT2D eigenvalue weighted by molar-refractivity contribution is 0.0526. The largest absolute Gasteiger partial charge is 0.496 e. The van der Waals surface area contributed by atoms with Gasteiger partial charge in [-0.2, -0.15) is 0 Å². The molecule has 0 aliphatic rings. The zero-order chi connectivity index (χ0) is 11.3. The van der Waals surface area contributed by atoms with Gasteiger partial charge in [-0.05, 0) is 25.1 Å². The maximum Gasteiger partial charge on any atom is 0.338 e. The van der Waals surface area contributed by atoms with Gasteiger partial charge in [0.1, 0.15) is 5.75 Å². The van der Waals surface area contributed by atoms with Gasteiger partial charge >= 0.3 is 5.97 Å². The molecule has 80 valence electrons. The van der Waals surface area contributed by atoms with Crippen molar-refractivity contribution >= 4 is 12.0 Å². The van der Waals surface area contributed by atoms with E-state index in [2.05, 4.69) is 6.58 Å². The molecule has 0 aliphatic heterocycles. The van der Waals surface area contributed by atoms with Crippen molar-refractivity contribution in [2.24, 2.45) is 0 Å². The first-order chi connectivity index (χ1) is 7.22. The van der Waals surface area contributed by atoms with Crippen molar-refractivity contribution in [3.05, 3.63) is 35.9 Å². The van der Waals surface area contributed by atoms with E-state index in [4.69, 9.17) is 9.47 Å². The summed E-state index contributed by atoms with van der Waals surface area (Å²) in [5.41, 5.74) is 1.29. The Hall–Kier alpha value is -1.77. The molecule has 0 amide bonds. The highest BCUT2D eigenvalue weighted by molar-refractivity contribution is 5.90. The normalized spacial score (nSPS) is 9.47. The van der Waals surface area contributed by atoms with Crippen molar-refractivity contribution in [2.45, 2.75) is 6.92 Å². The monoisotopic (exact) mass is 206 g/mol. The molecule has 0 radical (unpaired) electrons. The fourth-order valence-corrected chi connectivity index (χ4v) is 1.24. The molecule has 0 aromatic heterocycles. The number of hydrogen-bond acceptors (Lipinski definition) is 3. The summed E-state index contributed by atoms with van der Waals surface area (Å²) in [6.45, 7) is 5.80. The van der Waals surface area contributed by atoms with Gasteiger partial charge in [0.25, 0.3) is 0 Å². The molecule has 0 aliphatic carbocycles. The van der Waals surface area contributed by atoms with Crippen LogP contribution >= 0.6 is 0 Å². The van der Waals surface area contributed by atoms with E-state index in [0.29, 0.717) is 17.9 Å². The van der Waals surface area contributed by atoms with E-state index in [9.17, 15) is 4.79 Å². The second-order valence-corrected chi connectivity index (χ2v) is 2.88. The number of ether oxygens (including phenoxy) is 2. The molecule has 0 N–H and O–H groups in total. The third-order valence-corrected chi connectivity index (χ3v) is 1.96. The standard InChI is InChI=1S/C12H14O3/c1-4-9-8-10(12(13)15-5-2)6-7-11(9)14-3/h4,6-8H,1,5H2,2-3H3. The zero-order valence-corrected chi connectivity index (χ0v) is 8.95. The van der Waals surface area contributed by atoms with Crippen molar-refractivity contribution in [1.29, 1.82) is 0 Å². The molecule has 3 heteroatoms. The Labute approximate surface area is 89.3 Å². The van der Waals surface area contributed by atoms with Gasteiger partial charge in [0.05, 0.1) is 19.3 Å². The van der Waals surface area contributed by atoms with Crippen LogP contribution < -0.4 is 4.74 Å². The van der Waals surface area contributed by atoms with Crippen molar-refractivity contribution in [3.8, 4) is 5.75 Å². The maximum absolute atomic E-state index is 11.4. The summed E-state index contributed by atoms with van der Waals surface area (Å²) in [4.78, 5) is 11.4. The van der Waals surface area contributed by atoms with Crippen molar-refractivity contribution in [2.75, 3.05) is 13.7 Å². The van der Waals surface area contributed by atoms with Gasteiger partial charge in [-0.15, -0.1) is 0 Å². The Bertz CT molecular complexity index is 369. The Balaban J connectivity index is 3.02. The van der Waals surface area contributed by atoms with Gasteiger partial charge in [0, 0.05) is 5.56 Å². The summed E-state index contributed by atoms with van der Waals surface area (Å²) in [6.07, 6.45) is 1.64. The van der Waals surface area contributed by atoms with Gasteiger partial charge in [-0.25, -0.2) is 4.79 Å². The second kappa shape index (κ2) is 5.20. The Morgan fingerprint density at radius 1 is 1.53 bits per heavy atom. The minimum Gasteiger partial charge on any atom is -0.496 e. The van der Waals surface area contributed by atoms with Crippen molar-refractivity contribution < 1.29 is 14.3 Å². The molecule has 3 nitrogen and oxygen atoms in total. The molecule has 1 aromatic rings. The van der Waals surface area contributed by atoms with Gasteiger partial charge in [0.2, 0.25) is 0 Å². The number of carbonyl (C=O) groups is 1. The summed E-state index contributed by atoms with van der Waals surface area (Å²) in [5, 5.41) is 0. The molecule has 1 rings (SSSR count). The van der Waals surface area contributed by atoms with E-state index in [-0.39, 0.29) is 5.97 Å². The van der Waals surface area contributed by atoms with Gasteiger partial charge < -0.3 is 9.47 Å². The van der Waals surface area contributed by atoms with E-state index in [1.807, 2.05) is 0 Å². The highest BCUT2D eigenvalue weighted by Crippen LogP contribution is 2.21. The third-order valence-electron chi connectivity index (χ3n) is 1.96. The topological polar surface area (TPSA) is 35.5 Å². The molecule has 0 fully saturated rings. The maximum atomic E-state index is 11.4. The number of methoxy groups -OCH3 is 1. The molecule has 0 saturated heterocycles. The predicted molar refractivity (Wildman–Crippen MR) is 59.0 cm³/mol. The Kier molecular flexibility index (Phi) is 3.92. The first-order valence-electron chi connectivity index (χ1n) is 4.70. The summed E-state index contributed by atoms with van der Waals surface area (Å²) >= 11 is 0. The quantitative estimate of drug-likeness (QED) is 0.710. The molecular formula is C12H14O3. The molecular weight excluding hydrogens is 192 g/mol.